The van der Waals surface area contributed by atoms with Crippen LogP contribution in [0.4, 0.5) is 0 Å². The molecule has 1 unspecified atom stereocenters. The highest BCUT2D eigenvalue weighted by Gasteiger charge is 2.26. The molecule has 0 aliphatic rings. The van der Waals surface area contributed by atoms with Gasteiger partial charge >= 0.3 is 17.6 Å². The molecule has 0 fully saturated rings. The number of fused-ring (bicyclic) bond motifs is 1. The third kappa shape index (κ3) is 5.59. The summed E-state index contributed by atoms with van der Waals surface area (Å²) in [6.07, 6.45) is 0.778. The number of amides is 1. The Balaban J connectivity index is 2.25. The Morgan fingerprint density at radius 3 is 2.53 bits per heavy atom. The maximum atomic E-state index is 12.3. The van der Waals surface area contributed by atoms with Gasteiger partial charge in [0.05, 0.1) is 6.42 Å². The maximum absolute atomic E-state index is 12.3. The second-order valence-corrected chi connectivity index (χ2v) is 7.02. The van der Waals surface area contributed by atoms with Gasteiger partial charge in [-0.2, -0.15) is 0 Å². The fourth-order valence-corrected chi connectivity index (χ4v) is 3.02. The zero-order valence-corrected chi connectivity index (χ0v) is 17.1. The lowest BCUT2D eigenvalue weighted by Gasteiger charge is -2.19. The van der Waals surface area contributed by atoms with E-state index in [0.29, 0.717) is 16.9 Å². The minimum Gasteiger partial charge on any atom is -0.481 e. The zero-order valence-electron chi connectivity index (χ0n) is 17.1. The van der Waals surface area contributed by atoms with E-state index in [0.717, 1.165) is 30.2 Å². The maximum Gasteiger partial charge on any atom is 0.336 e. The number of carbonyl (C=O) groups excluding carboxylic acids is 1. The minimum absolute atomic E-state index is 0.297. The summed E-state index contributed by atoms with van der Waals surface area (Å²) in [7, 11) is 0. The van der Waals surface area contributed by atoms with Crippen LogP contribution in [0, 0.1) is 6.92 Å². The van der Waals surface area contributed by atoms with Gasteiger partial charge in [0.2, 0.25) is 0 Å². The van der Waals surface area contributed by atoms with Crippen molar-refractivity contribution in [3.63, 3.8) is 0 Å². The van der Waals surface area contributed by atoms with Gasteiger partial charge in [0.1, 0.15) is 17.4 Å². The molecule has 30 heavy (non-hydrogen) atoms. The van der Waals surface area contributed by atoms with Gasteiger partial charge in [-0.15, -0.1) is 0 Å². The van der Waals surface area contributed by atoms with E-state index in [-0.39, 0.29) is 0 Å². The Morgan fingerprint density at radius 1 is 1.23 bits per heavy atom. The fourth-order valence-electron chi connectivity index (χ4n) is 3.02. The van der Waals surface area contributed by atoms with Crippen LogP contribution in [0.2, 0.25) is 0 Å². The van der Waals surface area contributed by atoms with Gasteiger partial charge in [0.25, 0.3) is 5.91 Å². The highest BCUT2D eigenvalue weighted by atomic mass is 16.5. The van der Waals surface area contributed by atoms with Crippen LogP contribution in [0.5, 0.6) is 5.75 Å². The fraction of sp³-hybridized carbons (Fsp3) is 0.429. The van der Waals surface area contributed by atoms with E-state index in [1.807, 2.05) is 0 Å². The van der Waals surface area contributed by atoms with Crippen LogP contribution in [0.15, 0.2) is 27.4 Å². The van der Waals surface area contributed by atoms with Crippen LogP contribution in [-0.4, -0.2) is 40.2 Å². The molecule has 0 saturated carbocycles. The molecule has 0 radical (unpaired) electrons. The first-order chi connectivity index (χ1) is 14.1. The second kappa shape index (κ2) is 9.91. The lowest BCUT2D eigenvalue weighted by atomic mass is 10.0. The summed E-state index contributed by atoms with van der Waals surface area (Å²) in [5.41, 5.74) is 1.30. The highest BCUT2D eigenvalue weighted by Crippen LogP contribution is 2.29. The first kappa shape index (κ1) is 22.9. The number of hydrogen-bond donors (Lipinski definition) is 3. The average molecular weight is 419 g/mol. The molecule has 2 atom stereocenters. The van der Waals surface area contributed by atoms with Crippen molar-refractivity contribution in [3.8, 4) is 5.75 Å². The monoisotopic (exact) mass is 419 g/mol. The molecular formula is C21H25NO8. The molecule has 0 bridgehead atoms. The van der Waals surface area contributed by atoms with E-state index >= 15 is 0 Å². The molecule has 9 nitrogen and oxygen atoms in total. The van der Waals surface area contributed by atoms with Crippen LogP contribution < -0.4 is 15.7 Å². The van der Waals surface area contributed by atoms with Crippen molar-refractivity contribution in [1.29, 1.82) is 0 Å². The predicted octanol–water partition coefficient (Wildman–Crippen LogP) is 2.26. The Hall–Kier alpha value is -3.36. The predicted molar refractivity (Wildman–Crippen MR) is 108 cm³/mol. The first-order valence-corrected chi connectivity index (χ1v) is 9.62. The SMILES string of the molecule is CCCCc1cc(=O)oc2c(C)c(OC(C)C(=O)N[C@@H](CC(=O)O)C(=O)O)ccc12. The third-order valence-corrected chi connectivity index (χ3v) is 4.66. The third-order valence-electron chi connectivity index (χ3n) is 4.66. The first-order valence-electron chi connectivity index (χ1n) is 9.62. The molecule has 9 heteroatoms. The largest absolute Gasteiger partial charge is 0.481 e. The molecule has 0 aliphatic heterocycles. The summed E-state index contributed by atoms with van der Waals surface area (Å²) in [6, 6.07) is 3.31. The highest BCUT2D eigenvalue weighted by molar-refractivity contribution is 5.89. The van der Waals surface area contributed by atoms with Crippen LogP contribution in [0.1, 0.15) is 44.2 Å². The molecule has 0 saturated heterocycles. The van der Waals surface area contributed by atoms with Crippen LogP contribution in [0.3, 0.4) is 0 Å². The van der Waals surface area contributed by atoms with Crippen LogP contribution in [-0.2, 0) is 20.8 Å². The summed E-state index contributed by atoms with van der Waals surface area (Å²) in [6.45, 7) is 5.16. The molecule has 2 aromatic rings. The minimum atomic E-state index is -1.57. The van der Waals surface area contributed by atoms with Gasteiger partial charge in [0.15, 0.2) is 6.10 Å². The van der Waals surface area contributed by atoms with Gasteiger partial charge in [0, 0.05) is 17.0 Å². The average Bonchev–Trinajstić information content (AvgIpc) is 2.67. The topological polar surface area (TPSA) is 143 Å². The van der Waals surface area contributed by atoms with E-state index in [2.05, 4.69) is 12.2 Å². The van der Waals surface area contributed by atoms with Crippen molar-refractivity contribution < 1.29 is 33.8 Å². The lowest BCUT2D eigenvalue weighted by molar-refractivity contribution is -0.147. The molecule has 1 aromatic carbocycles. The molecule has 1 heterocycles. The Kier molecular flexibility index (Phi) is 7.57. The number of aryl methyl sites for hydroxylation is 2. The number of aliphatic carboxylic acids is 2. The van der Waals surface area contributed by atoms with Gasteiger partial charge in [-0.25, -0.2) is 9.59 Å². The van der Waals surface area contributed by atoms with Gasteiger partial charge in [-0.05, 0) is 44.4 Å². The smallest absolute Gasteiger partial charge is 0.336 e. The van der Waals surface area contributed by atoms with Crippen LogP contribution in [0.25, 0.3) is 11.0 Å². The van der Waals surface area contributed by atoms with Gasteiger partial charge in [-0.3, -0.25) is 9.59 Å². The summed E-state index contributed by atoms with van der Waals surface area (Å²) >= 11 is 0. The number of rotatable bonds is 10. The summed E-state index contributed by atoms with van der Waals surface area (Å²) in [5, 5.41) is 20.8. The molecule has 0 aliphatic carbocycles. The van der Waals surface area contributed by atoms with Crippen molar-refractivity contribution in [3.05, 3.63) is 39.7 Å². The molecule has 3 N–H and O–H groups in total. The Bertz CT molecular complexity index is 1010. The lowest BCUT2D eigenvalue weighted by Crippen LogP contribution is -2.47. The van der Waals surface area contributed by atoms with E-state index in [4.69, 9.17) is 19.4 Å². The number of nitrogens with one attached hydrogen (secondary N) is 1. The number of carboxylic acids is 2. The molecule has 162 valence electrons. The normalized spacial score (nSPS) is 12.9. The standard InChI is InChI=1S/C21H25NO8/c1-4-5-6-13-9-18(25)30-19-11(2)16(8-7-14(13)19)29-12(3)20(26)22-15(21(27)28)10-17(23)24/h7-9,12,15H,4-6,10H2,1-3H3,(H,22,26)(H,23,24)(H,27,28)/t12?,15-/m0/s1. The number of carbonyl (C=O) groups is 3. The summed E-state index contributed by atoms with van der Waals surface area (Å²) < 4.78 is 11.0. The zero-order chi connectivity index (χ0) is 22.4. The Labute approximate surface area is 172 Å². The van der Waals surface area contributed by atoms with Crippen molar-refractivity contribution in [2.75, 3.05) is 0 Å². The molecule has 1 aromatic heterocycles. The van der Waals surface area contributed by atoms with Crippen molar-refractivity contribution in [2.45, 2.75) is 58.6 Å². The van der Waals surface area contributed by atoms with Crippen LogP contribution >= 0.6 is 0 Å². The van der Waals surface area contributed by atoms with Crippen molar-refractivity contribution >= 4 is 28.8 Å². The Morgan fingerprint density at radius 2 is 1.93 bits per heavy atom. The molecule has 2 rings (SSSR count). The summed E-state index contributed by atoms with van der Waals surface area (Å²) in [4.78, 5) is 46.1. The van der Waals surface area contributed by atoms with E-state index in [1.54, 1.807) is 19.1 Å². The van der Waals surface area contributed by atoms with Gasteiger partial charge in [-0.1, -0.05) is 13.3 Å². The number of unbranched alkanes of at least 4 members (excludes halogenated alkanes) is 1. The summed E-state index contributed by atoms with van der Waals surface area (Å²) in [5.74, 6) is -3.29. The van der Waals surface area contributed by atoms with E-state index < -0.39 is 42.0 Å². The number of hydrogen-bond acceptors (Lipinski definition) is 6. The molecule has 0 spiro atoms. The second-order valence-electron chi connectivity index (χ2n) is 7.02. The van der Waals surface area contributed by atoms with Crippen molar-refractivity contribution in [1.82, 2.24) is 5.32 Å². The number of benzene rings is 1. The van der Waals surface area contributed by atoms with Gasteiger partial charge < -0.3 is 24.7 Å². The van der Waals surface area contributed by atoms with E-state index in [1.165, 1.54) is 13.0 Å². The molecular weight excluding hydrogens is 394 g/mol. The molecule has 1 amide bonds. The van der Waals surface area contributed by atoms with E-state index in [9.17, 15) is 19.2 Å². The van der Waals surface area contributed by atoms with Crippen molar-refractivity contribution in [2.24, 2.45) is 0 Å². The number of ether oxygens (including phenoxy) is 1. The quantitative estimate of drug-likeness (QED) is 0.498. The number of carboxylic acid groups (broad SMARTS) is 2.